The summed E-state index contributed by atoms with van der Waals surface area (Å²) in [5.41, 5.74) is 2.31. The molecule has 0 amide bonds. The molecule has 0 bridgehead atoms. The van der Waals surface area contributed by atoms with E-state index in [9.17, 15) is 5.11 Å². The lowest BCUT2D eigenvalue weighted by Gasteiger charge is -2.19. The summed E-state index contributed by atoms with van der Waals surface area (Å²) in [6, 6.07) is 10.1. The first-order valence-electron chi connectivity index (χ1n) is 8.83. The van der Waals surface area contributed by atoms with Crippen LogP contribution in [0, 0.1) is 0 Å². The normalized spacial score (nSPS) is 15.6. The molecular weight excluding hydrogens is 314 g/mol. The number of nitrogens with one attached hydrogen (secondary N) is 2. The van der Waals surface area contributed by atoms with Crippen LogP contribution in [0.1, 0.15) is 18.4 Å². The van der Waals surface area contributed by atoms with Crippen molar-refractivity contribution in [2.45, 2.75) is 25.3 Å². The van der Waals surface area contributed by atoms with Crippen LogP contribution < -0.4 is 10.2 Å². The Kier molecular flexibility index (Phi) is 4.52. The second-order valence-corrected chi connectivity index (χ2v) is 6.54. The van der Waals surface area contributed by atoms with Crippen LogP contribution in [0.2, 0.25) is 0 Å². The Balaban J connectivity index is 1.49. The third kappa shape index (κ3) is 3.44. The summed E-state index contributed by atoms with van der Waals surface area (Å²) in [6.07, 6.45) is 6.77. The van der Waals surface area contributed by atoms with Gasteiger partial charge >= 0.3 is 0 Å². The first kappa shape index (κ1) is 15.9. The van der Waals surface area contributed by atoms with Gasteiger partial charge in [0.1, 0.15) is 18.0 Å². The van der Waals surface area contributed by atoms with Crippen LogP contribution in [0.15, 0.2) is 42.9 Å². The molecule has 25 heavy (non-hydrogen) atoms. The number of aromatic nitrogens is 3. The van der Waals surface area contributed by atoms with Crippen LogP contribution >= 0.6 is 0 Å². The van der Waals surface area contributed by atoms with E-state index in [1.807, 2.05) is 24.4 Å². The molecule has 130 valence electrons. The zero-order valence-electron chi connectivity index (χ0n) is 14.2. The third-order valence-electron chi connectivity index (χ3n) is 4.80. The van der Waals surface area contributed by atoms with Crippen molar-refractivity contribution in [3.8, 4) is 0 Å². The molecule has 3 N–H and O–H groups in total. The van der Waals surface area contributed by atoms with Crippen molar-refractivity contribution < 1.29 is 5.11 Å². The van der Waals surface area contributed by atoms with E-state index in [0.29, 0.717) is 0 Å². The minimum absolute atomic E-state index is 0.0442. The van der Waals surface area contributed by atoms with Gasteiger partial charge in [-0.3, -0.25) is 0 Å². The van der Waals surface area contributed by atoms with Crippen molar-refractivity contribution in [2.75, 3.05) is 29.9 Å². The molecule has 3 aromatic rings. The molecule has 1 atom stereocenters. The van der Waals surface area contributed by atoms with Gasteiger partial charge in [0.2, 0.25) is 0 Å². The Bertz CT molecular complexity index is 840. The number of fused-ring (bicyclic) bond motifs is 1. The van der Waals surface area contributed by atoms with Gasteiger partial charge in [0.05, 0.1) is 12.6 Å². The number of anilines is 2. The van der Waals surface area contributed by atoms with E-state index in [1.165, 1.54) is 23.8 Å². The molecule has 0 radical (unpaired) electrons. The molecule has 3 heterocycles. The number of aliphatic hydroxyl groups is 1. The van der Waals surface area contributed by atoms with E-state index in [1.54, 1.807) is 6.33 Å². The number of hydrogen-bond donors (Lipinski definition) is 3. The molecule has 1 aliphatic rings. The zero-order chi connectivity index (χ0) is 17.1. The molecule has 1 unspecified atom stereocenters. The highest BCUT2D eigenvalue weighted by molar-refractivity contribution is 5.83. The number of nitrogens with zero attached hydrogens (tertiary/aromatic N) is 3. The van der Waals surface area contributed by atoms with Crippen LogP contribution in [0.4, 0.5) is 11.6 Å². The fraction of sp³-hybridized carbons (Fsp3) is 0.368. The van der Waals surface area contributed by atoms with Crippen LogP contribution in [0.25, 0.3) is 10.9 Å². The number of rotatable bonds is 6. The Morgan fingerprint density at radius 2 is 2.04 bits per heavy atom. The Morgan fingerprint density at radius 1 is 1.20 bits per heavy atom. The lowest BCUT2D eigenvalue weighted by molar-refractivity contribution is 0.273. The zero-order valence-corrected chi connectivity index (χ0v) is 14.2. The SMILES string of the molecule is OCC(Cc1c[nH]c2ccccc12)Nc1cc(N2CCCC2)ncn1. The summed E-state index contributed by atoms with van der Waals surface area (Å²) in [5, 5.41) is 14.4. The van der Waals surface area contributed by atoms with Crippen LogP contribution in [0.3, 0.4) is 0 Å². The minimum Gasteiger partial charge on any atom is -0.394 e. The van der Waals surface area contributed by atoms with Crippen molar-refractivity contribution in [3.63, 3.8) is 0 Å². The monoisotopic (exact) mass is 337 g/mol. The number of para-hydroxylation sites is 1. The van der Waals surface area contributed by atoms with Gasteiger partial charge in [0, 0.05) is 36.3 Å². The second-order valence-electron chi connectivity index (χ2n) is 6.54. The summed E-state index contributed by atoms with van der Waals surface area (Å²) in [5.74, 6) is 1.72. The quantitative estimate of drug-likeness (QED) is 0.644. The van der Waals surface area contributed by atoms with Gasteiger partial charge in [0.25, 0.3) is 0 Å². The molecule has 0 aliphatic carbocycles. The maximum atomic E-state index is 9.81. The summed E-state index contributed by atoms with van der Waals surface area (Å²) in [7, 11) is 0. The smallest absolute Gasteiger partial charge is 0.134 e. The fourth-order valence-electron chi connectivity index (χ4n) is 3.48. The first-order chi connectivity index (χ1) is 12.3. The average molecular weight is 337 g/mol. The van der Waals surface area contributed by atoms with Crippen molar-refractivity contribution in [1.29, 1.82) is 0 Å². The maximum absolute atomic E-state index is 9.81. The van der Waals surface area contributed by atoms with Gasteiger partial charge in [-0.2, -0.15) is 0 Å². The van der Waals surface area contributed by atoms with Gasteiger partial charge in [-0.1, -0.05) is 18.2 Å². The average Bonchev–Trinajstić information content (AvgIpc) is 3.32. The Labute approximate surface area is 146 Å². The van der Waals surface area contributed by atoms with E-state index < -0.39 is 0 Å². The van der Waals surface area contributed by atoms with Crippen LogP contribution in [-0.2, 0) is 6.42 Å². The van der Waals surface area contributed by atoms with Gasteiger partial charge in [-0.15, -0.1) is 0 Å². The molecule has 0 saturated carbocycles. The molecule has 1 aromatic carbocycles. The van der Waals surface area contributed by atoms with Crippen molar-refractivity contribution in [3.05, 3.63) is 48.4 Å². The van der Waals surface area contributed by atoms with E-state index in [2.05, 4.69) is 37.3 Å². The molecular formula is C19H23N5O. The molecule has 2 aromatic heterocycles. The van der Waals surface area contributed by atoms with Gasteiger partial charge in [-0.05, 0) is 30.9 Å². The fourth-order valence-corrected chi connectivity index (χ4v) is 3.48. The largest absolute Gasteiger partial charge is 0.394 e. The van der Waals surface area contributed by atoms with E-state index in [4.69, 9.17) is 0 Å². The molecule has 1 aliphatic heterocycles. The lowest BCUT2D eigenvalue weighted by Crippen LogP contribution is -2.27. The number of H-pyrrole nitrogens is 1. The third-order valence-corrected chi connectivity index (χ3v) is 4.80. The first-order valence-corrected chi connectivity index (χ1v) is 8.83. The van der Waals surface area contributed by atoms with Crippen LogP contribution in [0.5, 0.6) is 0 Å². The molecule has 6 heteroatoms. The molecule has 1 fully saturated rings. The molecule has 4 rings (SSSR count). The number of aromatic amines is 1. The second kappa shape index (κ2) is 7.11. The highest BCUT2D eigenvalue weighted by Gasteiger charge is 2.16. The highest BCUT2D eigenvalue weighted by atomic mass is 16.3. The van der Waals surface area contributed by atoms with Crippen molar-refractivity contribution in [2.24, 2.45) is 0 Å². The van der Waals surface area contributed by atoms with E-state index in [0.717, 1.165) is 36.7 Å². The number of hydrogen-bond acceptors (Lipinski definition) is 5. The summed E-state index contributed by atoms with van der Waals surface area (Å²) < 4.78 is 0. The van der Waals surface area contributed by atoms with Gasteiger partial charge in [-0.25, -0.2) is 9.97 Å². The van der Waals surface area contributed by atoms with E-state index >= 15 is 0 Å². The predicted octanol–water partition coefficient (Wildman–Crippen LogP) is 2.57. The molecule has 6 nitrogen and oxygen atoms in total. The predicted molar refractivity (Wildman–Crippen MR) is 100.0 cm³/mol. The van der Waals surface area contributed by atoms with Crippen molar-refractivity contribution in [1.82, 2.24) is 15.0 Å². The number of aliphatic hydroxyl groups excluding tert-OH is 1. The minimum atomic E-state index is -0.0967. The Morgan fingerprint density at radius 3 is 2.88 bits per heavy atom. The Hall–Kier alpha value is -2.60. The van der Waals surface area contributed by atoms with Crippen molar-refractivity contribution >= 4 is 22.5 Å². The standard InChI is InChI=1S/C19H23N5O/c25-12-15(9-14-11-20-17-6-2-1-5-16(14)17)23-18-10-19(22-13-21-18)24-7-3-4-8-24/h1-2,5-6,10-11,13,15,20,25H,3-4,7-9,12H2,(H,21,22,23). The van der Waals surface area contributed by atoms with E-state index in [-0.39, 0.29) is 12.6 Å². The van der Waals surface area contributed by atoms with Gasteiger partial charge < -0.3 is 20.3 Å². The summed E-state index contributed by atoms with van der Waals surface area (Å²) in [4.78, 5) is 14.3. The molecule has 0 spiro atoms. The number of benzene rings is 1. The summed E-state index contributed by atoms with van der Waals surface area (Å²) >= 11 is 0. The van der Waals surface area contributed by atoms with Gasteiger partial charge in [0.15, 0.2) is 0 Å². The summed E-state index contributed by atoms with van der Waals surface area (Å²) in [6.45, 7) is 2.15. The maximum Gasteiger partial charge on any atom is 0.134 e. The molecule has 1 saturated heterocycles. The topological polar surface area (TPSA) is 77.1 Å². The lowest BCUT2D eigenvalue weighted by atomic mass is 10.1. The highest BCUT2D eigenvalue weighted by Crippen LogP contribution is 2.22. The van der Waals surface area contributed by atoms with Crippen LogP contribution in [-0.4, -0.2) is 45.8 Å².